The molecule has 4 nitrogen and oxygen atoms in total. The molecule has 0 spiro atoms. The molecular weight excluding hydrogens is 707 g/mol. The van der Waals surface area contributed by atoms with Crippen molar-refractivity contribution in [2.75, 3.05) is 0 Å². The summed E-state index contributed by atoms with van der Waals surface area (Å²) < 4.78 is 71.1. The number of pyridine rings is 3. The molecule has 0 aliphatic rings. The average molecular weight is 748 g/mol. The van der Waals surface area contributed by atoms with E-state index in [1.807, 2.05) is 60.7 Å². The zero-order valence-corrected chi connectivity index (χ0v) is 26.2. The van der Waals surface area contributed by atoms with E-state index in [1.165, 1.54) is 24.5 Å². The summed E-state index contributed by atoms with van der Waals surface area (Å²) in [6.45, 7) is 0.224. The standard InChI is InChI=1S/C27H25N2O.C11H8N.Ir/c1-16-14-29-24(12-19(16)13-27(3,4)5)22-8-6-7-20-21-10-9-18-15-28-17(2)11-23(18)26(21)30-25(20)22;1-2-6-10(7-3-1)11-8-4-5-9-12-11;/h6-7,9-12,14-15H,13H2,1-5H3;1-6,8-9H;/q2*-1;/i1D3,2D3,13D2;;. The molecule has 0 bridgehead atoms. The van der Waals surface area contributed by atoms with Gasteiger partial charge < -0.3 is 14.4 Å². The monoisotopic (exact) mass is 748 g/mol. The first kappa shape index (κ1) is 21.5. The number of furan rings is 1. The Morgan fingerprint density at radius 1 is 0.791 bits per heavy atom. The second-order valence-electron chi connectivity index (χ2n) is 10.9. The van der Waals surface area contributed by atoms with Gasteiger partial charge in [-0.25, -0.2) is 0 Å². The minimum atomic E-state index is -2.55. The average Bonchev–Trinajstić information content (AvgIpc) is 3.47. The Balaban J connectivity index is 0.000000327. The Morgan fingerprint density at radius 3 is 2.40 bits per heavy atom. The summed E-state index contributed by atoms with van der Waals surface area (Å²) in [5, 5.41) is 2.82. The Kier molecular flexibility index (Phi) is 6.29. The Labute approximate surface area is 277 Å². The van der Waals surface area contributed by atoms with E-state index in [0.717, 1.165) is 27.4 Å². The molecule has 0 unspecified atom stereocenters. The van der Waals surface area contributed by atoms with Crippen molar-refractivity contribution in [1.29, 1.82) is 0 Å². The second kappa shape index (κ2) is 12.6. The fraction of sp³-hybridized carbons (Fsp3) is 0.184. The van der Waals surface area contributed by atoms with Crippen molar-refractivity contribution in [2.45, 2.75) is 40.8 Å². The summed E-state index contributed by atoms with van der Waals surface area (Å²) in [6.07, 6.45) is 2.52. The largest absolute Gasteiger partial charge is 0.500 e. The molecule has 0 atom stereocenters. The maximum absolute atomic E-state index is 8.81. The van der Waals surface area contributed by atoms with Gasteiger partial charge >= 0.3 is 0 Å². The molecule has 0 saturated carbocycles. The van der Waals surface area contributed by atoms with Crippen LogP contribution in [-0.2, 0) is 26.5 Å². The van der Waals surface area contributed by atoms with Crippen LogP contribution in [0.3, 0.4) is 0 Å². The molecule has 3 aromatic carbocycles. The first-order valence-corrected chi connectivity index (χ1v) is 13.5. The number of benzene rings is 3. The van der Waals surface area contributed by atoms with Crippen molar-refractivity contribution in [3.8, 4) is 22.5 Å². The van der Waals surface area contributed by atoms with Crippen LogP contribution in [0.15, 0.2) is 102 Å². The van der Waals surface area contributed by atoms with Gasteiger partial charge in [-0.3, -0.25) is 4.98 Å². The summed E-state index contributed by atoms with van der Waals surface area (Å²) in [5.41, 5.74) is 2.64. The molecule has 5 heteroatoms. The summed E-state index contributed by atoms with van der Waals surface area (Å²) in [7, 11) is 0. The first-order valence-electron chi connectivity index (χ1n) is 17.5. The van der Waals surface area contributed by atoms with Gasteiger partial charge in [0.2, 0.25) is 0 Å². The second-order valence-corrected chi connectivity index (χ2v) is 10.9. The van der Waals surface area contributed by atoms with Crippen LogP contribution in [0.5, 0.6) is 0 Å². The predicted octanol–water partition coefficient (Wildman–Crippen LogP) is 9.75. The van der Waals surface area contributed by atoms with E-state index in [1.54, 1.807) is 33.0 Å². The van der Waals surface area contributed by atoms with Crippen molar-refractivity contribution in [3.63, 3.8) is 0 Å². The SMILES string of the molecule is [2H]C([2H])([2H])c1cc2c(ccc3c4cc[c-]c(-c5cc(C([2H])([2H])C(C)(C)C)c(C([2H])([2H])[2H])cn5)c4oc23)cn1.[Ir].[c-]1ccccc1-c1ccccn1. The van der Waals surface area contributed by atoms with E-state index in [9.17, 15) is 0 Å². The Hall–Kier alpha value is -4.18. The van der Waals surface area contributed by atoms with Crippen LogP contribution < -0.4 is 0 Å². The Bertz CT molecular complexity index is 2280. The van der Waals surface area contributed by atoms with Crippen LogP contribution in [-0.4, -0.2) is 15.0 Å². The van der Waals surface area contributed by atoms with Crippen LogP contribution in [0.2, 0.25) is 0 Å². The van der Waals surface area contributed by atoms with Gasteiger partial charge in [0.05, 0.1) is 5.58 Å². The van der Waals surface area contributed by atoms with Gasteiger partial charge in [0.15, 0.2) is 0 Å². The third-order valence-electron chi connectivity index (χ3n) is 6.62. The molecule has 4 aromatic heterocycles. The van der Waals surface area contributed by atoms with Gasteiger partial charge in [-0.15, -0.1) is 54.1 Å². The Morgan fingerprint density at radius 2 is 1.65 bits per heavy atom. The van der Waals surface area contributed by atoms with E-state index >= 15 is 0 Å². The summed E-state index contributed by atoms with van der Waals surface area (Å²) in [4.78, 5) is 12.7. The number of nitrogens with zero attached hydrogens (tertiary/aromatic N) is 3. The zero-order chi connectivity index (χ0) is 36.1. The molecule has 4 heterocycles. The van der Waals surface area contributed by atoms with Crippen molar-refractivity contribution in [3.05, 3.63) is 126 Å². The molecule has 0 fully saturated rings. The summed E-state index contributed by atoms with van der Waals surface area (Å²) >= 11 is 0. The van der Waals surface area contributed by atoms with E-state index < -0.39 is 25.5 Å². The van der Waals surface area contributed by atoms with E-state index in [4.69, 9.17) is 15.4 Å². The fourth-order valence-electron chi connectivity index (χ4n) is 4.78. The van der Waals surface area contributed by atoms with Crippen LogP contribution in [0.1, 0.15) is 48.6 Å². The van der Waals surface area contributed by atoms with Gasteiger partial charge in [0.25, 0.3) is 0 Å². The number of fused-ring (bicyclic) bond motifs is 5. The normalized spacial score (nSPS) is 15.0. The number of aryl methyl sites for hydroxylation is 2. The van der Waals surface area contributed by atoms with E-state index in [-0.39, 0.29) is 36.9 Å². The van der Waals surface area contributed by atoms with Crippen LogP contribution in [0.25, 0.3) is 55.2 Å². The maximum Gasteiger partial charge on any atom is 0.128 e. The van der Waals surface area contributed by atoms with Gasteiger partial charge in [-0.2, -0.15) is 0 Å². The van der Waals surface area contributed by atoms with Gasteiger partial charge in [-0.05, 0) is 54.6 Å². The molecule has 7 aromatic rings. The predicted molar refractivity (Wildman–Crippen MR) is 172 cm³/mol. The molecule has 217 valence electrons. The quantitative estimate of drug-likeness (QED) is 0.169. The molecule has 0 N–H and O–H groups in total. The maximum atomic E-state index is 8.81. The fourth-order valence-corrected chi connectivity index (χ4v) is 4.78. The number of aromatic nitrogens is 3. The van der Waals surface area contributed by atoms with E-state index in [0.29, 0.717) is 27.8 Å². The first-order chi connectivity index (χ1) is 23.5. The minimum Gasteiger partial charge on any atom is -0.500 e. The van der Waals surface area contributed by atoms with Crippen LogP contribution in [0.4, 0.5) is 0 Å². The zero-order valence-electron chi connectivity index (χ0n) is 31.8. The third kappa shape index (κ3) is 6.59. The summed E-state index contributed by atoms with van der Waals surface area (Å²) in [5.74, 6) is 0. The smallest absolute Gasteiger partial charge is 0.128 e. The summed E-state index contributed by atoms with van der Waals surface area (Å²) in [6, 6.07) is 30.2. The van der Waals surface area contributed by atoms with Crippen LogP contribution in [0, 0.1) is 31.3 Å². The third-order valence-corrected chi connectivity index (χ3v) is 6.62. The number of hydrogen-bond acceptors (Lipinski definition) is 4. The number of hydrogen-bond donors (Lipinski definition) is 0. The molecule has 0 saturated heterocycles. The molecule has 7 rings (SSSR count). The molecule has 0 aliphatic carbocycles. The van der Waals surface area contributed by atoms with Gasteiger partial charge in [0.1, 0.15) is 5.58 Å². The molecule has 0 aliphatic heterocycles. The van der Waals surface area contributed by atoms with Crippen molar-refractivity contribution >= 4 is 32.7 Å². The van der Waals surface area contributed by atoms with Crippen LogP contribution >= 0.6 is 0 Å². The minimum absolute atomic E-state index is 0. The van der Waals surface area contributed by atoms with Crippen molar-refractivity contribution in [1.82, 2.24) is 15.0 Å². The van der Waals surface area contributed by atoms with Gasteiger partial charge in [-0.1, -0.05) is 67.6 Å². The van der Waals surface area contributed by atoms with Gasteiger partial charge in [0, 0.05) is 71.5 Å². The van der Waals surface area contributed by atoms with Crippen molar-refractivity contribution < 1.29 is 35.5 Å². The molecule has 0 amide bonds. The topological polar surface area (TPSA) is 51.8 Å². The molecule has 43 heavy (non-hydrogen) atoms. The van der Waals surface area contributed by atoms with Crippen molar-refractivity contribution in [2.24, 2.45) is 5.41 Å². The molecular formula is C38H33IrN3O-2. The van der Waals surface area contributed by atoms with E-state index in [2.05, 4.69) is 27.1 Å². The molecule has 1 radical (unpaired) electrons. The number of rotatable bonds is 3.